The van der Waals surface area contributed by atoms with Crippen LogP contribution in [0.4, 0.5) is 4.39 Å². The molecule has 0 spiro atoms. The van der Waals surface area contributed by atoms with Crippen LogP contribution in [0, 0.1) is 5.82 Å². The quantitative estimate of drug-likeness (QED) is 0.788. The molecule has 0 radical (unpaired) electrons. The average Bonchev–Trinajstić information content (AvgIpc) is 2.71. The minimum Gasteiger partial charge on any atom is -0.399 e. The summed E-state index contributed by atoms with van der Waals surface area (Å²) in [4.78, 5) is 4.73. The lowest BCUT2D eigenvalue weighted by molar-refractivity contribution is 0.00578. The van der Waals surface area contributed by atoms with Crippen molar-refractivity contribution in [2.24, 2.45) is 0 Å². The van der Waals surface area contributed by atoms with Gasteiger partial charge in [0.2, 0.25) is 0 Å². The van der Waals surface area contributed by atoms with Crippen molar-refractivity contribution in [3.8, 4) is 0 Å². The number of hydrogen-bond acceptors (Lipinski definition) is 4. The van der Waals surface area contributed by atoms with Gasteiger partial charge in [-0.3, -0.25) is 4.90 Å². The first-order chi connectivity index (χ1) is 11.2. The van der Waals surface area contributed by atoms with Gasteiger partial charge in [-0.2, -0.15) is 0 Å². The molecule has 2 aliphatic rings. The van der Waals surface area contributed by atoms with Gasteiger partial charge >= 0.3 is 7.12 Å². The predicted octanol–water partition coefficient (Wildman–Crippen LogP) is 1.87. The largest absolute Gasteiger partial charge is 0.495 e. The zero-order chi connectivity index (χ0) is 17.5. The Kier molecular flexibility index (Phi) is 4.77. The molecular formula is C18H28BFN2O2. The van der Waals surface area contributed by atoms with E-state index in [1.807, 2.05) is 33.8 Å². The normalized spacial score (nSPS) is 24.5. The molecule has 24 heavy (non-hydrogen) atoms. The van der Waals surface area contributed by atoms with Gasteiger partial charge in [0.05, 0.1) is 11.2 Å². The second-order valence-corrected chi connectivity index (χ2v) is 8.01. The lowest BCUT2D eigenvalue weighted by atomic mass is 9.75. The summed E-state index contributed by atoms with van der Waals surface area (Å²) in [6.45, 7) is 13.1. The van der Waals surface area contributed by atoms with Gasteiger partial charge in [0, 0.05) is 32.7 Å². The van der Waals surface area contributed by atoms with E-state index < -0.39 is 18.3 Å². The molecular weight excluding hydrogens is 306 g/mol. The van der Waals surface area contributed by atoms with Crippen LogP contribution in [-0.4, -0.2) is 61.3 Å². The van der Waals surface area contributed by atoms with Crippen molar-refractivity contribution in [2.75, 3.05) is 33.2 Å². The van der Waals surface area contributed by atoms with Crippen LogP contribution in [0.2, 0.25) is 0 Å². The van der Waals surface area contributed by atoms with E-state index in [9.17, 15) is 4.39 Å². The summed E-state index contributed by atoms with van der Waals surface area (Å²) in [6.07, 6.45) is 0. The second-order valence-electron chi connectivity index (χ2n) is 8.01. The number of likely N-dealkylation sites (N-methyl/N-ethyl adjacent to an activating group) is 1. The van der Waals surface area contributed by atoms with Crippen LogP contribution in [-0.2, 0) is 15.9 Å². The highest BCUT2D eigenvalue weighted by molar-refractivity contribution is 6.62. The smallest absolute Gasteiger partial charge is 0.399 e. The first-order valence-electron chi connectivity index (χ1n) is 8.73. The fraction of sp³-hybridized carbons (Fsp3) is 0.667. The van der Waals surface area contributed by atoms with Gasteiger partial charge in [-0.1, -0.05) is 6.07 Å². The van der Waals surface area contributed by atoms with Crippen molar-refractivity contribution in [3.05, 3.63) is 29.6 Å². The molecule has 0 N–H and O–H groups in total. The molecule has 1 aromatic carbocycles. The van der Waals surface area contributed by atoms with E-state index in [1.54, 1.807) is 6.07 Å². The minimum absolute atomic E-state index is 0.248. The molecule has 132 valence electrons. The number of benzene rings is 1. The first kappa shape index (κ1) is 17.9. The Labute approximate surface area is 145 Å². The highest BCUT2D eigenvalue weighted by atomic mass is 19.1. The molecule has 0 aromatic heterocycles. The van der Waals surface area contributed by atoms with E-state index in [-0.39, 0.29) is 5.82 Å². The Morgan fingerprint density at radius 3 is 2.21 bits per heavy atom. The molecule has 2 fully saturated rings. The molecule has 2 saturated heterocycles. The zero-order valence-corrected chi connectivity index (χ0v) is 15.4. The monoisotopic (exact) mass is 334 g/mol. The summed E-state index contributed by atoms with van der Waals surface area (Å²) in [7, 11) is 1.62. The van der Waals surface area contributed by atoms with Gasteiger partial charge in [0.25, 0.3) is 0 Å². The van der Waals surface area contributed by atoms with Crippen LogP contribution in [0.5, 0.6) is 0 Å². The van der Waals surface area contributed by atoms with Gasteiger partial charge in [-0.25, -0.2) is 4.39 Å². The molecule has 3 rings (SSSR count). The third-order valence-corrected chi connectivity index (χ3v) is 5.60. The molecule has 0 saturated carbocycles. The van der Waals surface area contributed by atoms with Crippen molar-refractivity contribution < 1.29 is 13.7 Å². The fourth-order valence-corrected chi connectivity index (χ4v) is 3.15. The summed E-state index contributed by atoms with van der Waals surface area (Å²) in [5, 5.41) is 0. The van der Waals surface area contributed by atoms with Gasteiger partial charge in [-0.15, -0.1) is 0 Å². The van der Waals surface area contributed by atoms with E-state index in [0.29, 0.717) is 0 Å². The van der Waals surface area contributed by atoms with Crippen molar-refractivity contribution in [1.29, 1.82) is 0 Å². The fourth-order valence-electron chi connectivity index (χ4n) is 3.15. The van der Waals surface area contributed by atoms with Crippen molar-refractivity contribution in [1.82, 2.24) is 9.80 Å². The Morgan fingerprint density at radius 2 is 1.62 bits per heavy atom. The maximum Gasteiger partial charge on any atom is 0.495 e. The van der Waals surface area contributed by atoms with Crippen molar-refractivity contribution in [2.45, 2.75) is 45.4 Å². The van der Waals surface area contributed by atoms with Crippen LogP contribution in [0.3, 0.4) is 0 Å². The predicted molar refractivity (Wildman–Crippen MR) is 94.9 cm³/mol. The summed E-state index contributed by atoms with van der Waals surface area (Å²) in [5.74, 6) is -0.248. The summed E-state index contributed by atoms with van der Waals surface area (Å²) in [5.41, 5.74) is 1.05. The number of piperazine rings is 1. The maximum atomic E-state index is 13.9. The van der Waals surface area contributed by atoms with Gasteiger partial charge in [-0.05, 0) is 57.9 Å². The molecule has 0 aliphatic carbocycles. The number of hydrogen-bond donors (Lipinski definition) is 0. The van der Waals surface area contributed by atoms with Crippen LogP contribution in [0.15, 0.2) is 18.2 Å². The zero-order valence-electron chi connectivity index (χ0n) is 15.4. The molecule has 0 amide bonds. The SMILES string of the molecule is CN1CCN(Cc2ccc(F)cc2B2OC(C)(C)C(C)(C)O2)CC1. The highest BCUT2D eigenvalue weighted by Crippen LogP contribution is 2.36. The molecule has 1 aromatic rings. The van der Waals surface area contributed by atoms with E-state index in [4.69, 9.17) is 9.31 Å². The summed E-state index contributed by atoms with van der Waals surface area (Å²) in [6, 6.07) is 4.96. The first-order valence-corrected chi connectivity index (χ1v) is 8.73. The van der Waals surface area contributed by atoms with E-state index in [1.165, 1.54) is 6.07 Å². The Hall–Kier alpha value is -0.945. The highest BCUT2D eigenvalue weighted by Gasteiger charge is 2.52. The Bertz CT molecular complexity index is 585. The molecule has 2 aliphatic heterocycles. The number of nitrogens with zero attached hydrogens (tertiary/aromatic N) is 2. The summed E-state index contributed by atoms with van der Waals surface area (Å²) >= 11 is 0. The maximum absolute atomic E-state index is 13.9. The van der Waals surface area contributed by atoms with Crippen molar-refractivity contribution in [3.63, 3.8) is 0 Å². The van der Waals surface area contributed by atoms with Crippen molar-refractivity contribution >= 4 is 12.6 Å². The van der Waals surface area contributed by atoms with Crippen LogP contribution in [0.25, 0.3) is 0 Å². The Balaban J connectivity index is 1.82. The van der Waals surface area contributed by atoms with E-state index >= 15 is 0 Å². The Morgan fingerprint density at radius 1 is 1.04 bits per heavy atom. The van der Waals surface area contributed by atoms with E-state index in [2.05, 4.69) is 16.8 Å². The lowest BCUT2D eigenvalue weighted by Crippen LogP contribution is -2.45. The average molecular weight is 334 g/mol. The third kappa shape index (κ3) is 3.52. The number of halogens is 1. The number of rotatable bonds is 3. The standard InChI is InChI=1S/C18H28BFN2O2/c1-17(2)18(3,4)24-19(23-17)16-12-15(20)7-6-14(16)13-22-10-8-21(5)9-11-22/h6-7,12H,8-11,13H2,1-5H3. The molecule has 4 nitrogen and oxygen atoms in total. The minimum atomic E-state index is -0.520. The van der Waals surface area contributed by atoms with E-state index in [0.717, 1.165) is 43.8 Å². The topological polar surface area (TPSA) is 24.9 Å². The third-order valence-electron chi connectivity index (χ3n) is 5.60. The van der Waals surface area contributed by atoms with Crippen LogP contribution in [0.1, 0.15) is 33.3 Å². The molecule has 0 atom stereocenters. The van der Waals surface area contributed by atoms with Gasteiger partial charge in [0.1, 0.15) is 5.82 Å². The van der Waals surface area contributed by atoms with Crippen LogP contribution >= 0.6 is 0 Å². The van der Waals surface area contributed by atoms with Crippen LogP contribution < -0.4 is 5.46 Å². The molecule has 6 heteroatoms. The van der Waals surface area contributed by atoms with Gasteiger partial charge < -0.3 is 14.2 Å². The second kappa shape index (κ2) is 6.41. The molecule has 2 heterocycles. The van der Waals surface area contributed by atoms with Gasteiger partial charge in [0.15, 0.2) is 0 Å². The lowest BCUT2D eigenvalue weighted by Gasteiger charge is -2.32. The molecule has 0 bridgehead atoms. The molecule has 0 unspecified atom stereocenters. The summed E-state index contributed by atoms with van der Waals surface area (Å²) < 4.78 is 26.2.